The van der Waals surface area contributed by atoms with E-state index in [0.29, 0.717) is 15.4 Å². The summed E-state index contributed by atoms with van der Waals surface area (Å²) in [5.74, 6) is 5.37. The first-order chi connectivity index (χ1) is 10.1. The molecule has 0 atom stereocenters. The first-order valence-electron chi connectivity index (χ1n) is 5.91. The van der Waals surface area contributed by atoms with Crippen molar-refractivity contribution in [3.8, 4) is 11.1 Å². The van der Waals surface area contributed by atoms with E-state index in [0.717, 1.165) is 5.56 Å². The predicted molar refractivity (Wildman–Crippen MR) is 87.3 cm³/mol. The van der Waals surface area contributed by atoms with Crippen molar-refractivity contribution in [3.63, 3.8) is 0 Å². The fourth-order valence-corrected chi connectivity index (χ4v) is 3.12. The smallest absolute Gasteiger partial charge is 0.348 e. The first-order valence-corrected chi connectivity index (χ1v) is 7.13. The maximum atomic E-state index is 12.1. The van der Waals surface area contributed by atoms with Gasteiger partial charge < -0.3 is 10.2 Å². The molecule has 21 heavy (non-hydrogen) atoms. The molecule has 8 heteroatoms. The fourth-order valence-electron chi connectivity index (χ4n) is 2.05. The molecule has 0 bridgehead atoms. The lowest BCUT2D eigenvalue weighted by molar-refractivity contribution is 0.551. The van der Waals surface area contributed by atoms with E-state index in [1.54, 1.807) is 0 Å². The van der Waals surface area contributed by atoms with Crippen LogP contribution in [0, 0.1) is 0 Å². The molecule has 2 heterocycles. The van der Waals surface area contributed by atoms with Gasteiger partial charge in [0.15, 0.2) is 0 Å². The molecule has 0 radical (unpaired) electrons. The Hall–Kier alpha value is -2.29. The average Bonchev–Trinajstić information content (AvgIpc) is 2.88. The zero-order valence-corrected chi connectivity index (χ0v) is 12.3. The van der Waals surface area contributed by atoms with E-state index < -0.39 is 5.63 Å². The number of anilines is 1. The number of hydrazine groups is 1. The molecule has 6 nitrogen and oxygen atoms in total. The van der Waals surface area contributed by atoms with Gasteiger partial charge in [0.2, 0.25) is 10.8 Å². The minimum absolute atomic E-state index is 0.0137. The van der Waals surface area contributed by atoms with Crippen LogP contribution in [0.3, 0.4) is 0 Å². The molecule has 106 valence electrons. The summed E-state index contributed by atoms with van der Waals surface area (Å²) in [5, 5.41) is 0.436. The van der Waals surface area contributed by atoms with Gasteiger partial charge in [-0.05, 0) is 5.56 Å². The lowest BCUT2D eigenvalue weighted by atomic mass is 10.0. The second-order valence-electron chi connectivity index (χ2n) is 4.17. The lowest BCUT2D eigenvalue weighted by Gasteiger charge is -2.07. The van der Waals surface area contributed by atoms with Gasteiger partial charge >= 0.3 is 5.63 Å². The molecule has 0 unspecified atom stereocenters. The van der Waals surface area contributed by atoms with Crippen molar-refractivity contribution in [1.29, 1.82) is 0 Å². The number of benzene rings is 1. The Kier molecular flexibility index (Phi) is 3.42. The third-order valence-corrected chi connectivity index (χ3v) is 4.09. The number of aromatic nitrogens is 1. The van der Waals surface area contributed by atoms with Crippen LogP contribution in [-0.4, -0.2) is 9.97 Å². The van der Waals surface area contributed by atoms with Crippen LogP contribution >= 0.6 is 23.6 Å². The Morgan fingerprint density at radius 1 is 1.33 bits per heavy atom. The maximum absolute atomic E-state index is 12.1. The van der Waals surface area contributed by atoms with E-state index in [2.05, 4.69) is 10.4 Å². The highest BCUT2D eigenvalue weighted by atomic mass is 32.1. The van der Waals surface area contributed by atoms with Gasteiger partial charge in [-0.1, -0.05) is 53.9 Å². The van der Waals surface area contributed by atoms with E-state index >= 15 is 0 Å². The number of nitrogens with two attached hydrogens (primary N) is 2. The van der Waals surface area contributed by atoms with Gasteiger partial charge in [-0.25, -0.2) is 10.6 Å². The van der Waals surface area contributed by atoms with E-state index in [-0.39, 0.29) is 16.3 Å². The molecule has 0 fully saturated rings. The van der Waals surface area contributed by atoms with Crippen LogP contribution in [0.5, 0.6) is 0 Å². The van der Waals surface area contributed by atoms with Crippen molar-refractivity contribution in [2.24, 2.45) is 11.6 Å². The molecular formula is C13H10N4O2S2. The summed E-state index contributed by atoms with van der Waals surface area (Å²) in [6, 6.07) is 9.34. The molecule has 0 spiro atoms. The van der Waals surface area contributed by atoms with Crippen LogP contribution < -0.4 is 22.6 Å². The van der Waals surface area contributed by atoms with E-state index in [9.17, 15) is 4.79 Å². The molecule has 3 aromatic rings. The fraction of sp³-hybridized carbons (Fsp3) is 0. The molecule has 0 aliphatic heterocycles. The zero-order valence-electron chi connectivity index (χ0n) is 10.6. The molecular weight excluding hydrogens is 308 g/mol. The van der Waals surface area contributed by atoms with E-state index in [1.165, 1.54) is 11.3 Å². The average molecular weight is 318 g/mol. The predicted octanol–water partition coefficient (Wildman–Crippen LogP) is 1.84. The van der Waals surface area contributed by atoms with Crippen LogP contribution in [0.1, 0.15) is 5.56 Å². The third kappa shape index (κ3) is 2.29. The summed E-state index contributed by atoms with van der Waals surface area (Å²) in [6.45, 7) is 0. The van der Waals surface area contributed by atoms with Gasteiger partial charge in [0.05, 0.1) is 0 Å². The molecule has 0 saturated heterocycles. The van der Waals surface area contributed by atoms with Crippen molar-refractivity contribution in [1.82, 2.24) is 4.98 Å². The third-order valence-electron chi connectivity index (χ3n) is 2.90. The van der Waals surface area contributed by atoms with Gasteiger partial charge in [-0.3, -0.25) is 5.43 Å². The van der Waals surface area contributed by atoms with Gasteiger partial charge in [0.1, 0.15) is 15.3 Å². The minimum Gasteiger partial charge on any atom is -0.402 e. The Labute approximate surface area is 128 Å². The highest BCUT2D eigenvalue weighted by Crippen LogP contribution is 2.35. The number of hydrogen-bond donors (Lipinski definition) is 3. The summed E-state index contributed by atoms with van der Waals surface area (Å²) < 4.78 is 5.84. The number of nitrogens with zero attached hydrogens (tertiary/aromatic N) is 1. The molecule has 1 aromatic carbocycles. The number of rotatable bonds is 3. The standard InChI is InChI=1S/C13H10N4O2S2/c14-10(20)8-7(6-4-2-1-3-5-6)9-11(19-12(8)18)16-13(17-15)21-9/h1-5H,15H2,(H2,14,20)(H,16,17). The summed E-state index contributed by atoms with van der Waals surface area (Å²) >= 11 is 6.26. The maximum Gasteiger partial charge on any atom is 0.348 e. The molecule has 0 aliphatic carbocycles. The molecule has 0 aliphatic rings. The van der Waals surface area contributed by atoms with Gasteiger partial charge in [0.25, 0.3) is 0 Å². The van der Waals surface area contributed by atoms with Crippen molar-refractivity contribution in [3.05, 3.63) is 46.3 Å². The quantitative estimate of drug-likeness (QED) is 0.384. The Morgan fingerprint density at radius 3 is 2.67 bits per heavy atom. The number of hydrogen-bond acceptors (Lipinski definition) is 7. The van der Waals surface area contributed by atoms with Crippen molar-refractivity contribution in [2.45, 2.75) is 0 Å². The largest absolute Gasteiger partial charge is 0.402 e. The van der Waals surface area contributed by atoms with Gasteiger partial charge in [0, 0.05) is 5.56 Å². The summed E-state index contributed by atoms with van der Waals surface area (Å²) in [5.41, 5.74) is 9.35. The SMILES string of the molecule is NNc1nc2oc(=O)c(C(N)=S)c(-c3ccccc3)c2s1. The summed E-state index contributed by atoms with van der Waals surface area (Å²) in [6.07, 6.45) is 0. The van der Waals surface area contributed by atoms with Gasteiger partial charge in [-0.2, -0.15) is 4.98 Å². The van der Waals surface area contributed by atoms with Crippen LogP contribution in [0.15, 0.2) is 39.5 Å². The van der Waals surface area contributed by atoms with Crippen LogP contribution in [0.2, 0.25) is 0 Å². The number of nitrogens with one attached hydrogen (secondary N) is 1. The minimum atomic E-state index is -0.609. The molecule has 0 amide bonds. The number of thiazole rings is 1. The Bertz CT molecular complexity index is 886. The molecule has 5 N–H and O–H groups in total. The normalized spacial score (nSPS) is 10.7. The topological polar surface area (TPSA) is 107 Å². The second-order valence-corrected chi connectivity index (χ2v) is 5.61. The molecule has 3 rings (SSSR count). The highest BCUT2D eigenvalue weighted by molar-refractivity contribution is 7.80. The first kappa shape index (κ1) is 13.7. The highest BCUT2D eigenvalue weighted by Gasteiger charge is 2.21. The number of thiocarbonyl (C=S) groups is 1. The van der Waals surface area contributed by atoms with Crippen molar-refractivity contribution < 1.29 is 4.42 Å². The lowest BCUT2D eigenvalue weighted by Crippen LogP contribution is -2.21. The van der Waals surface area contributed by atoms with Crippen molar-refractivity contribution in [2.75, 3.05) is 5.43 Å². The van der Waals surface area contributed by atoms with Crippen molar-refractivity contribution >= 4 is 44.1 Å². The Balaban J connectivity index is 2.47. The Morgan fingerprint density at radius 2 is 2.05 bits per heavy atom. The van der Waals surface area contributed by atoms with E-state index in [4.69, 9.17) is 28.2 Å². The monoisotopic (exact) mass is 318 g/mol. The van der Waals surface area contributed by atoms with Crippen LogP contribution in [0.4, 0.5) is 5.13 Å². The number of nitrogen functional groups attached to an aromatic ring is 1. The van der Waals surface area contributed by atoms with Crippen LogP contribution in [-0.2, 0) is 0 Å². The van der Waals surface area contributed by atoms with Gasteiger partial charge in [-0.15, -0.1) is 0 Å². The second kappa shape index (κ2) is 5.24. The zero-order chi connectivity index (χ0) is 15.0. The van der Waals surface area contributed by atoms with E-state index in [1.807, 2.05) is 30.3 Å². The molecule has 0 saturated carbocycles. The summed E-state index contributed by atoms with van der Waals surface area (Å²) in [7, 11) is 0. The molecule has 2 aromatic heterocycles. The number of fused-ring (bicyclic) bond motifs is 1. The van der Waals surface area contributed by atoms with Crippen LogP contribution in [0.25, 0.3) is 21.5 Å². The summed E-state index contributed by atoms with van der Waals surface area (Å²) in [4.78, 5) is 16.2.